The monoisotopic (exact) mass is 207 g/mol. The molecule has 15 heavy (non-hydrogen) atoms. The molecular formula is C12H17NO2. The lowest BCUT2D eigenvalue weighted by Crippen LogP contribution is -2.22. The summed E-state index contributed by atoms with van der Waals surface area (Å²) in [7, 11) is 1.66. The average molecular weight is 207 g/mol. The summed E-state index contributed by atoms with van der Waals surface area (Å²) in [4.78, 5) is 0. The van der Waals surface area contributed by atoms with Crippen LogP contribution in [0, 0.1) is 5.41 Å². The van der Waals surface area contributed by atoms with Gasteiger partial charge in [-0.3, -0.25) is 0 Å². The minimum atomic E-state index is 0.264. The quantitative estimate of drug-likeness (QED) is 0.801. The molecule has 0 saturated heterocycles. The summed E-state index contributed by atoms with van der Waals surface area (Å²) in [6.07, 6.45) is 2.39. The maximum absolute atomic E-state index is 5.69. The van der Waals surface area contributed by atoms with Crippen molar-refractivity contribution in [3.8, 4) is 11.5 Å². The first kappa shape index (κ1) is 10.3. The van der Waals surface area contributed by atoms with Crippen LogP contribution in [0.1, 0.15) is 12.8 Å². The molecule has 0 heterocycles. The largest absolute Gasteiger partial charge is 0.497 e. The topological polar surface area (TPSA) is 44.5 Å². The highest BCUT2D eigenvalue weighted by Crippen LogP contribution is 2.44. The molecule has 1 aromatic rings. The summed E-state index contributed by atoms with van der Waals surface area (Å²) >= 11 is 0. The molecule has 1 saturated carbocycles. The highest BCUT2D eigenvalue weighted by molar-refractivity contribution is 5.31. The number of hydrogen-bond acceptors (Lipinski definition) is 3. The SMILES string of the molecule is COc1ccc(OCC2(CN)CC2)cc1. The van der Waals surface area contributed by atoms with E-state index < -0.39 is 0 Å². The molecule has 1 fully saturated rings. The maximum atomic E-state index is 5.69. The summed E-state index contributed by atoms with van der Waals surface area (Å²) in [5, 5.41) is 0. The van der Waals surface area contributed by atoms with Gasteiger partial charge in [0, 0.05) is 12.0 Å². The summed E-state index contributed by atoms with van der Waals surface area (Å²) in [6.45, 7) is 1.46. The Morgan fingerprint density at radius 1 is 1.20 bits per heavy atom. The molecule has 2 N–H and O–H groups in total. The van der Waals surface area contributed by atoms with Crippen molar-refractivity contribution in [2.24, 2.45) is 11.1 Å². The number of ether oxygens (including phenoxy) is 2. The Kier molecular flexibility index (Phi) is 2.82. The van der Waals surface area contributed by atoms with E-state index in [4.69, 9.17) is 15.2 Å². The van der Waals surface area contributed by atoms with Gasteiger partial charge in [-0.1, -0.05) is 0 Å². The van der Waals surface area contributed by atoms with Gasteiger partial charge < -0.3 is 15.2 Å². The number of hydrogen-bond donors (Lipinski definition) is 1. The molecule has 2 rings (SSSR count). The molecule has 3 heteroatoms. The number of rotatable bonds is 5. The fourth-order valence-electron chi connectivity index (χ4n) is 1.49. The van der Waals surface area contributed by atoms with Crippen LogP contribution in [-0.4, -0.2) is 20.3 Å². The van der Waals surface area contributed by atoms with Crippen molar-refractivity contribution < 1.29 is 9.47 Å². The third-order valence-corrected chi connectivity index (χ3v) is 2.99. The Bertz CT molecular complexity index is 317. The number of nitrogens with two attached hydrogens (primary N) is 1. The van der Waals surface area contributed by atoms with Crippen LogP contribution in [0.15, 0.2) is 24.3 Å². The maximum Gasteiger partial charge on any atom is 0.119 e. The zero-order valence-electron chi connectivity index (χ0n) is 9.03. The second kappa shape index (κ2) is 4.11. The standard InChI is InChI=1S/C12H17NO2/c1-14-10-2-4-11(5-3-10)15-9-12(8-13)6-7-12/h2-5H,6-9,13H2,1H3. The summed E-state index contributed by atoms with van der Waals surface area (Å²) in [5.74, 6) is 1.73. The molecule has 0 radical (unpaired) electrons. The van der Waals surface area contributed by atoms with Crippen molar-refractivity contribution in [3.05, 3.63) is 24.3 Å². The highest BCUT2D eigenvalue weighted by atomic mass is 16.5. The number of benzene rings is 1. The van der Waals surface area contributed by atoms with Crippen LogP contribution in [0.3, 0.4) is 0 Å². The van der Waals surface area contributed by atoms with Crippen molar-refractivity contribution in [1.29, 1.82) is 0 Å². The average Bonchev–Trinajstić information content (AvgIpc) is 3.08. The van der Waals surface area contributed by atoms with Crippen LogP contribution in [0.2, 0.25) is 0 Å². The molecular weight excluding hydrogens is 190 g/mol. The minimum absolute atomic E-state index is 0.264. The Morgan fingerprint density at radius 2 is 1.80 bits per heavy atom. The lowest BCUT2D eigenvalue weighted by molar-refractivity contribution is 0.238. The molecule has 1 aromatic carbocycles. The van der Waals surface area contributed by atoms with E-state index >= 15 is 0 Å². The summed E-state index contributed by atoms with van der Waals surface area (Å²) in [5.41, 5.74) is 5.94. The van der Waals surface area contributed by atoms with Crippen molar-refractivity contribution in [2.75, 3.05) is 20.3 Å². The second-order valence-corrected chi connectivity index (χ2v) is 4.17. The Balaban J connectivity index is 1.88. The second-order valence-electron chi connectivity index (χ2n) is 4.17. The molecule has 1 aliphatic carbocycles. The van der Waals surface area contributed by atoms with Crippen LogP contribution >= 0.6 is 0 Å². The third-order valence-electron chi connectivity index (χ3n) is 2.99. The van der Waals surface area contributed by atoms with Gasteiger partial charge in [-0.05, 0) is 37.1 Å². The van der Waals surface area contributed by atoms with E-state index in [1.54, 1.807) is 7.11 Å². The van der Waals surface area contributed by atoms with E-state index in [-0.39, 0.29) is 5.41 Å². The molecule has 3 nitrogen and oxygen atoms in total. The first-order chi connectivity index (χ1) is 7.28. The fourth-order valence-corrected chi connectivity index (χ4v) is 1.49. The van der Waals surface area contributed by atoms with Gasteiger partial charge in [0.2, 0.25) is 0 Å². The zero-order chi connectivity index (χ0) is 10.7. The van der Waals surface area contributed by atoms with Crippen LogP contribution in [-0.2, 0) is 0 Å². The molecule has 0 aromatic heterocycles. The molecule has 0 unspecified atom stereocenters. The third kappa shape index (κ3) is 2.42. The van der Waals surface area contributed by atoms with E-state index in [2.05, 4.69) is 0 Å². The van der Waals surface area contributed by atoms with E-state index in [1.807, 2.05) is 24.3 Å². The predicted octanol–water partition coefficient (Wildman–Crippen LogP) is 1.81. The molecule has 0 amide bonds. The van der Waals surface area contributed by atoms with Crippen LogP contribution in [0.5, 0.6) is 11.5 Å². The molecule has 0 aliphatic heterocycles. The van der Waals surface area contributed by atoms with Crippen molar-refractivity contribution in [3.63, 3.8) is 0 Å². The van der Waals surface area contributed by atoms with E-state index in [9.17, 15) is 0 Å². The van der Waals surface area contributed by atoms with E-state index in [0.29, 0.717) is 0 Å². The lowest BCUT2D eigenvalue weighted by Gasteiger charge is -2.13. The Labute approximate surface area is 90.2 Å². The molecule has 82 valence electrons. The lowest BCUT2D eigenvalue weighted by atomic mass is 10.1. The molecule has 1 aliphatic rings. The van der Waals surface area contributed by atoms with Crippen molar-refractivity contribution >= 4 is 0 Å². The fraction of sp³-hybridized carbons (Fsp3) is 0.500. The number of methoxy groups -OCH3 is 1. The Hall–Kier alpha value is -1.22. The minimum Gasteiger partial charge on any atom is -0.497 e. The van der Waals surface area contributed by atoms with E-state index in [1.165, 1.54) is 12.8 Å². The Morgan fingerprint density at radius 3 is 2.27 bits per heavy atom. The normalized spacial score (nSPS) is 17.2. The van der Waals surface area contributed by atoms with Gasteiger partial charge in [-0.15, -0.1) is 0 Å². The van der Waals surface area contributed by atoms with Crippen LogP contribution < -0.4 is 15.2 Å². The van der Waals surface area contributed by atoms with Crippen molar-refractivity contribution in [1.82, 2.24) is 0 Å². The van der Waals surface area contributed by atoms with Gasteiger partial charge in [0.1, 0.15) is 11.5 Å². The van der Waals surface area contributed by atoms with Gasteiger partial charge in [-0.25, -0.2) is 0 Å². The van der Waals surface area contributed by atoms with E-state index in [0.717, 1.165) is 24.7 Å². The van der Waals surface area contributed by atoms with Gasteiger partial charge >= 0.3 is 0 Å². The predicted molar refractivity (Wildman–Crippen MR) is 59.2 cm³/mol. The van der Waals surface area contributed by atoms with Crippen LogP contribution in [0.25, 0.3) is 0 Å². The van der Waals surface area contributed by atoms with Gasteiger partial charge in [-0.2, -0.15) is 0 Å². The molecule has 0 spiro atoms. The summed E-state index contributed by atoms with van der Waals surface area (Å²) < 4.78 is 10.8. The summed E-state index contributed by atoms with van der Waals surface area (Å²) in [6, 6.07) is 7.64. The first-order valence-corrected chi connectivity index (χ1v) is 5.25. The zero-order valence-corrected chi connectivity index (χ0v) is 9.03. The van der Waals surface area contributed by atoms with Crippen LogP contribution in [0.4, 0.5) is 0 Å². The first-order valence-electron chi connectivity index (χ1n) is 5.25. The molecule has 0 atom stereocenters. The van der Waals surface area contributed by atoms with Crippen molar-refractivity contribution in [2.45, 2.75) is 12.8 Å². The smallest absolute Gasteiger partial charge is 0.119 e. The molecule has 0 bridgehead atoms. The van der Waals surface area contributed by atoms with Gasteiger partial charge in [0.25, 0.3) is 0 Å². The van der Waals surface area contributed by atoms with Gasteiger partial charge in [0.15, 0.2) is 0 Å². The van der Waals surface area contributed by atoms with Gasteiger partial charge in [0.05, 0.1) is 13.7 Å². The highest BCUT2D eigenvalue weighted by Gasteiger charge is 2.42.